The number of nitrogens with zero attached hydrogens (tertiary/aromatic N) is 3. The highest BCUT2D eigenvalue weighted by atomic mass is 32.2. The number of aromatic nitrogens is 2. The zero-order chi connectivity index (χ0) is 21.2. The Morgan fingerprint density at radius 2 is 1.76 bits per heavy atom. The summed E-state index contributed by atoms with van der Waals surface area (Å²) < 4.78 is 25.9. The van der Waals surface area contributed by atoms with Gasteiger partial charge in [-0.05, 0) is 38.5 Å². The first kappa shape index (κ1) is 20.9. The van der Waals surface area contributed by atoms with Gasteiger partial charge in [0.15, 0.2) is 0 Å². The molecule has 0 aliphatic heterocycles. The Kier molecular flexibility index (Phi) is 5.99. The monoisotopic (exact) mass is 430 g/mol. The molecule has 152 valence electrons. The number of sulfonamides is 1. The molecule has 3 rings (SSSR count). The average molecular weight is 431 g/mol. The molecule has 0 aliphatic rings. The molecule has 0 aliphatic carbocycles. The van der Waals surface area contributed by atoms with Crippen LogP contribution in [0, 0.1) is 13.8 Å². The first-order valence-electron chi connectivity index (χ1n) is 8.92. The highest BCUT2D eigenvalue weighted by Gasteiger charge is 2.29. The van der Waals surface area contributed by atoms with Gasteiger partial charge < -0.3 is 0 Å². The molecule has 9 heteroatoms. The number of rotatable bonds is 6. The minimum atomic E-state index is -3.67. The number of benzene rings is 2. The Morgan fingerprint density at radius 1 is 1.07 bits per heavy atom. The van der Waals surface area contributed by atoms with Crippen molar-refractivity contribution in [3.05, 3.63) is 59.7 Å². The van der Waals surface area contributed by atoms with Crippen LogP contribution in [0.2, 0.25) is 0 Å². The number of hydrogen-bond acceptors (Lipinski definition) is 6. The van der Waals surface area contributed by atoms with Gasteiger partial charge in [-0.25, -0.2) is 8.42 Å². The minimum absolute atomic E-state index is 0.315. The Balaban J connectivity index is 1.81. The fourth-order valence-corrected chi connectivity index (χ4v) is 4.79. The maximum Gasteiger partial charge on any atom is 0.249 e. The lowest BCUT2D eigenvalue weighted by Gasteiger charge is -2.28. The van der Waals surface area contributed by atoms with E-state index in [0.29, 0.717) is 15.8 Å². The van der Waals surface area contributed by atoms with Gasteiger partial charge in [0, 0.05) is 5.56 Å². The molecule has 0 fully saturated rings. The molecule has 1 aromatic heterocycles. The quantitative estimate of drug-likeness (QED) is 0.645. The molecule has 1 heterocycles. The summed E-state index contributed by atoms with van der Waals surface area (Å²) in [5.41, 5.74) is 3.38. The summed E-state index contributed by atoms with van der Waals surface area (Å²) in [6.07, 6.45) is 1.08. The molecule has 29 heavy (non-hydrogen) atoms. The lowest BCUT2D eigenvalue weighted by atomic mass is 10.2. The van der Waals surface area contributed by atoms with Crippen molar-refractivity contribution in [2.45, 2.75) is 26.8 Å². The van der Waals surface area contributed by atoms with Crippen LogP contribution in [0.1, 0.15) is 18.1 Å². The molecule has 3 aromatic rings. The number of aryl methyl sites for hydroxylation is 2. The number of carbonyl (C=O) groups excluding carboxylic acids is 1. The second-order valence-corrected chi connectivity index (χ2v) is 9.68. The van der Waals surface area contributed by atoms with Crippen LogP contribution in [-0.4, -0.2) is 36.8 Å². The van der Waals surface area contributed by atoms with Crippen molar-refractivity contribution in [2.75, 3.05) is 15.9 Å². The molecule has 0 saturated carbocycles. The van der Waals surface area contributed by atoms with Crippen LogP contribution >= 0.6 is 11.3 Å². The number of nitrogens with one attached hydrogen (secondary N) is 1. The van der Waals surface area contributed by atoms with Crippen molar-refractivity contribution in [2.24, 2.45) is 0 Å². The van der Waals surface area contributed by atoms with E-state index < -0.39 is 22.0 Å². The molecule has 7 nitrogen and oxygen atoms in total. The predicted octanol–water partition coefficient (Wildman–Crippen LogP) is 3.62. The van der Waals surface area contributed by atoms with Crippen LogP contribution in [0.15, 0.2) is 48.5 Å². The lowest BCUT2D eigenvalue weighted by molar-refractivity contribution is -0.116. The Bertz CT molecular complexity index is 1120. The van der Waals surface area contributed by atoms with E-state index in [0.717, 1.165) is 27.3 Å². The molecule has 1 unspecified atom stereocenters. The van der Waals surface area contributed by atoms with Crippen LogP contribution in [0.3, 0.4) is 0 Å². The molecule has 0 bridgehead atoms. The van der Waals surface area contributed by atoms with Gasteiger partial charge in [0.2, 0.25) is 21.1 Å². The van der Waals surface area contributed by atoms with Gasteiger partial charge >= 0.3 is 0 Å². The third-order valence-electron chi connectivity index (χ3n) is 4.30. The summed E-state index contributed by atoms with van der Waals surface area (Å²) in [5, 5.41) is 11.8. The summed E-state index contributed by atoms with van der Waals surface area (Å²) in [6, 6.07) is 13.9. The maximum atomic E-state index is 12.8. The van der Waals surface area contributed by atoms with Crippen LogP contribution in [0.4, 0.5) is 10.8 Å². The summed E-state index contributed by atoms with van der Waals surface area (Å²) >= 11 is 1.23. The van der Waals surface area contributed by atoms with Gasteiger partial charge in [-0.1, -0.05) is 53.3 Å². The predicted molar refractivity (Wildman–Crippen MR) is 117 cm³/mol. The van der Waals surface area contributed by atoms with Crippen LogP contribution in [-0.2, 0) is 14.8 Å². The first-order chi connectivity index (χ1) is 13.6. The van der Waals surface area contributed by atoms with Crippen molar-refractivity contribution < 1.29 is 13.2 Å². The minimum Gasteiger partial charge on any atom is -0.299 e. The standard InChI is InChI=1S/C20H22N4O3S2/c1-13-8-10-16(11-9-13)19-22-23-20(28-19)21-18(25)15(3)24(29(4,26)27)17-7-5-6-14(2)12-17/h5-12,15H,1-4H3,(H,21,23,25). The number of anilines is 2. The zero-order valence-corrected chi connectivity index (χ0v) is 18.2. The Labute approximate surface area is 174 Å². The summed E-state index contributed by atoms with van der Waals surface area (Å²) in [6.45, 7) is 5.40. The van der Waals surface area contributed by atoms with Crippen molar-refractivity contribution in [1.29, 1.82) is 0 Å². The van der Waals surface area contributed by atoms with E-state index in [9.17, 15) is 13.2 Å². The fourth-order valence-electron chi connectivity index (χ4n) is 2.87. The van der Waals surface area contributed by atoms with E-state index in [-0.39, 0.29) is 0 Å². The highest BCUT2D eigenvalue weighted by molar-refractivity contribution is 7.92. The van der Waals surface area contributed by atoms with Crippen LogP contribution in [0.5, 0.6) is 0 Å². The largest absolute Gasteiger partial charge is 0.299 e. The van der Waals surface area contributed by atoms with Crippen molar-refractivity contribution in [3.8, 4) is 10.6 Å². The second kappa shape index (κ2) is 8.30. The zero-order valence-electron chi connectivity index (χ0n) is 16.6. The molecule has 0 spiro atoms. The lowest BCUT2D eigenvalue weighted by Crippen LogP contribution is -2.45. The van der Waals surface area contributed by atoms with Gasteiger partial charge in [-0.2, -0.15) is 0 Å². The number of carbonyl (C=O) groups is 1. The molecular formula is C20H22N4O3S2. The topological polar surface area (TPSA) is 92.3 Å². The molecule has 1 amide bonds. The van der Waals surface area contributed by atoms with E-state index in [4.69, 9.17) is 0 Å². The average Bonchev–Trinajstić information content (AvgIpc) is 3.09. The fraction of sp³-hybridized carbons (Fsp3) is 0.250. The molecule has 0 saturated heterocycles. The van der Waals surface area contributed by atoms with Crippen molar-refractivity contribution >= 4 is 38.1 Å². The third-order valence-corrected chi connectivity index (χ3v) is 6.43. The highest BCUT2D eigenvalue weighted by Crippen LogP contribution is 2.27. The van der Waals surface area contributed by atoms with E-state index in [1.807, 2.05) is 44.2 Å². The first-order valence-corrected chi connectivity index (χ1v) is 11.6. The summed E-state index contributed by atoms with van der Waals surface area (Å²) in [5.74, 6) is -0.483. The van der Waals surface area contributed by atoms with Crippen LogP contribution in [0.25, 0.3) is 10.6 Å². The summed E-state index contributed by atoms with van der Waals surface area (Å²) in [7, 11) is -3.67. The van der Waals surface area contributed by atoms with Crippen LogP contribution < -0.4 is 9.62 Å². The van der Waals surface area contributed by atoms with E-state index in [1.165, 1.54) is 11.3 Å². The molecule has 0 radical (unpaired) electrons. The van der Waals surface area contributed by atoms with Gasteiger partial charge in [0.05, 0.1) is 11.9 Å². The summed E-state index contributed by atoms with van der Waals surface area (Å²) in [4.78, 5) is 12.8. The molecule has 2 aromatic carbocycles. The smallest absolute Gasteiger partial charge is 0.249 e. The van der Waals surface area contributed by atoms with Crippen molar-refractivity contribution in [1.82, 2.24) is 10.2 Å². The second-order valence-electron chi connectivity index (χ2n) is 6.84. The van der Waals surface area contributed by atoms with Gasteiger partial charge in [0.25, 0.3) is 0 Å². The van der Waals surface area contributed by atoms with Crippen molar-refractivity contribution in [3.63, 3.8) is 0 Å². The number of amides is 1. The van der Waals surface area contributed by atoms with E-state index in [2.05, 4.69) is 15.5 Å². The Morgan fingerprint density at radius 3 is 2.38 bits per heavy atom. The SMILES string of the molecule is Cc1ccc(-c2nnc(NC(=O)C(C)N(c3cccc(C)c3)S(C)(=O)=O)s2)cc1. The van der Waals surface area contributed by atoms with E-state index >= 15 is 0 Å². The van der Waals surface area contributed by atoms with Gasteiger partial charge in [-0.3, -0.25) is 14.4 Å². The third kappa shape index (κ3) is 4.99. The van der Waals surface area contributed by atoms with Gasteiger partial charge in [-0.15, -0.1) is 10.2 Å². The van der Waals surface area contributed by atoms with E-state index in [1.54, 1.807) is 25.1 Å². The maximum absolute atomic E-state index is 12.8. The molecule has 1 N–H and O–H groups in total. The molecule has 1 atom stereocenters. The Hall–Kier alpha value is -2.78. The normalized spacial score (nSPS) is 12.4. The number of hydrogen-bond donors (Lipinski definition) is 1. The molecular weight excluding hydrogens is 408 g/mol. The van der Waals surface area contributed by atoms with Gasteiger partial charge in [0.1, 0.15) is 11.0 Å².